The van der Waals surface area contributed by atoms with Crippen LogP contribution < -0.4 is 10.6 Å². The zero-order chi connectivity index (χ0) is 17.7. The predicted molar refractivity (Wildman–Crippen MR) is 115 cm³/mol. The van der Waals surface area contributed by atoms with Gasteiger partial charge in [-0.05, 0) is 37.0 Å². The summed E-state index contributed by atoms with van der Waals surface area (Å²) in [6.45, 7) is 5.93. The monoisotopic (exact) mass is 472 g/mol. The van der Waals surface area contributed by atoms with E-state index >= 15 is 0 Å². The molecule has 2 N–H and O–H groups in total. The molecule has 2 fully saturated rings. The molecule has 0 saturated carbocycles. The molecule has 1 aromatic carbocycles. The van der Waals surface area contributed by atoms with Gasteiger partial charge in [0, 0.05) is 37.8 Å². The summed E-state index contributed by atoms with van der Waals surface area (Å²) in [5.41, 5.74) is 2.33. The third kappa shape index (κ3) is 5.09. The van der Waals surface area contributed by atoms with Crippen LogP contribution in [-0.2, 0) is 16.0 Å². The van der Waals surface area contributed by atoms with Crippen LogP contribution in [-0.4, -0.2) is 56.7 Å². The van der Waals surface area contributed by atoms with Gasteiger partial charge in [-0.15, -0.1) is 24.0 Å². The molecule has 0 aromatic heterocycles. The number of amides is 1. The number of halogens is 1. The SMILES string of the molecule is CCc1cccc(NC(=O)CNC(=NC)N2CCC3(CCOC3)C2)c1.I. The van der Waals surface area contributed by atoms with Crippen LogP contribution in [0.3, 0.4) is 0 Å². The van der Waals surface area contributed by atoms with Gasteiger partial charge in [0.05, 0.1) is 13.2 Å². The fraction of sp³-hybridized carbons (Fsp3) is 0.579. The number of carbonyl (C=O) groups is 1. The number of rotatable bonds is 4. The van der Waals surface area contributed by atoms with Gasteiger partial charge in [0.25, 0.3) is 0 Å². The second kappa shape index (κ2) is 9.55. The number of nitrogens with one attached hydrogen (secondary N) is 2. The molecule has 6 nitrogen and oxygen atoms in total. The van der Waals surface area contributed by atoms with Gasteiger partial charge in [0.2, 0.25) is 5.91 Å². The number of aliphatic imine (C=N–C) groups is 1. The maximum Gasteiger partial charge on any atom is 0.243 e. The van der Waals surface area contributed by atoms with Crippen LogP contribution in [0.4, 0.5) is 5.69 Å². The Morgan fingerprint density at radius 1 is 1.38 bits per heavy atom. The highest BCUT2D eigenvalue weighted by Gasteiger charge is 2.42. The van der Waals surface area contributed by atoms with E-state index in [9.17, 15) is 4.79 Å². The minimum atomic E-state index is -0.0625. The molecule has 0 aliphatic carbocycles. The van der Waals surface area contributed by atoms with Crippen LogP contribution in [0.15, 0.2) is 29.3 Å². The van der Waals surface area contributed by atoms with Gasteiger partial charge in [-0.25, -0.2) is 0 Å². The summed E-state index contributed by atoms with van der Waals surface area (Å²) < 4.78 is 5.58. The number of benzene rings is 1. The standard InChI is InChI=1S/C19H28N4O2.HI/c1-3-15-5-4-6-16(11-15)22-17(24)12-21-18(20-2)23-9-7-19(13-23)8-10-25-14-19;/h4-6,11H,3,7-10,12-14H2,1-2H3,(H,20,21)(H,22,24);1H. The van der Waals surface area contributed by atoms with Crippen LogP contribution in [0.25, 0.3) is 0 Å². The topological polar surface area (TPSA) is 66.0 Å². The second-order valence-electron chi connectivity index (χ2n) is 6.98. The van der Waals surface area contributed by atoms with E-state index in [0.717, 1.165) is 57.2 Å². The highest BCUT2D eigenvalue weighted by molar-refractivity contribution is 14.0. The van der Waals surface area contributed by atoms with Gasteiger partial charge in [-0.1, -0.05) is 19.1 Å². The fourth-order valence-electron chi connectivity index (χ4n) is 3.65. The van der Waals surface area contributed by atoms with E-state index in [-0.39, 0.29) is 41.8 Å². The highest BCUT2D eigenvalue weighted by Crippen LogP contribution is 2.38. The predicted octanol–water partition coefficient (Wildman–Crippen LogP) is 2.49. The molecule has 1 amide bonds. The van der Waals surface area contributed by atoms with Crippen molar-refractivity contribution in [3.05, 3.63) is 29.8 Å². The van der Waals surface area contributed by atoms with Crippen LogP contribution in [0.1, 0.15) is 25.3 Å². The van der Waals surface area contributed by atoms with Crippen molar-refractivity contribution in [1.82, 2.24) is 10.2 Å². The van der Waals surface area contributed by atoms with Crippen LogP contribution in [0.2, 0.25) is 0 Å². The lowest BCUT2D eigenvalue weighted by atomic mass is 9.87. The molecule has 1 aromatic rings. The molecule has 26 heavy (non-hydrogen) atoms. The average molecular weight is 472 g/mol. The van der Waals surface area contributed by atoms with Crippen molar-refractivity contribution in [2.45, 2.75) is 26.2 Å². The van der Waals surface area contributed by atoms with Crippen molar-refractivity contribution in [3.63, 3.8) is 0 Å². The third-order valence-electron chi connectivity index (χ3n) is 5.16. The lowest BCUT2D eigenvalue weighted by Crippen LogP contribution is -2.44. The van der Waals surface area contributed by atoms with E-state index in [1.54, 1.807) is 7.05 Å². The summed E-state index contributed by atoms with van der Waals surface area (Å²) >= 11 is 0. The minimum Gasteiger partial charge on any atom is -0.381 e. The van der Waals surface area contributed by atoms with Crippen molar-refractivity contribution < 1.29 is 9.53 Å². The maximum absolute atomic E-state index is 12.2. The highest BCUT2D eigenvalue weighted by atomic mass is 127. The number of ether oxygens (including phenoxy) is 1. The van der Waals surface area contributed by atoms with Crippen molar-refractivity contribution >= 4 is 41.5 Å². The molecule has 3 rings (SSSR count). The molecule has 2 saturated heterocycles. The summed E-state index contributed by atoms with van der Waals surface area (Å²) in [4.78, 5) is 18.8. The fourth-order valence-corrected chi connectivity index (χ4v) is 3.65. The first kappa shape index (κ1) is 21.0. The summed E-state index contributed by atoms with van der Waals surface area (Å²) in [6, 6.07) is 7.95. The van der Waals surface area contributed by atoms with Crippen LogP contribution >= 0.6 is 24.0 Å². The second-order valence-corrected chi connectivity index (χ2v) is 6.98. The summed E-state index contributed by atoms with van der Waals surface area (Å²) in [5.74, 6) is 0.730. The number of hydrogen-bond acceptors (Lipinski definition) is 3. The molecule has 1 atom stereocenters. The molecule has 1 unspecified atom stereocenters. The van der Waals surface area contributed by atoms with Gasteiger partial charge in [0.15, 0.2) is 5.96 Å². The molecule has 144 valence electrons. The van der Waals surface area contributed by atoms with E-state index in [4.69, 9.17) is 4.74 Å². The number of nitrogens with zero attached hydrogens (tertiary/aromatic N) is 2. The molecule has 0 radical (unpaired) electrons. The van der Waals surface area contributed by atoms with Gasteiger partial charge < -0.3 is 20.3 Å². The lowest BCUT2D eigenvalue weighted by Gasteiger charge is -2.24. The van der Waals surface area contributed by atoms with Crippen LogP contribution in [0, 0.1) is 5.41 Å². The molecular formula is C19H29IN4O2. The number of carbonyl (C=O) groups excluding carboxylic acids is 1. The smallest absolute Gasteiger partial charge is 0.243 e. The Kier molecular flexibility index (Phi) is 7.69. The van der Waals surface area contributed by atoms with Gasteiger partial charge >= 0.3 is 0 Å². The lowest BCUT2D eigenvalue weighted by molar-refractivity contribution is -0.115. The zero-order valence-electron chi connectivity index (χ0n) is 15.6. The van der Waals surface area contributed by atoms with E-state index < -0.39 is 0 Å². The molecule has 7 heteroatoms. The van der Waals surface area contributed by atoms with Crippen molar-refractivity contribution in [1.29, 1.82) is 0 Å². The normalized spacial score (nSPS) is 22.4. The number of guanidine groups is 1. The van der Waals surface area contributed by atoms with E-state index in [0.29, 0.717) is 0 Å². The first-order valence-corrected chi connectivity index (χ1v) is 9.06. The molecular weight excluding hydrogens is 443 g/mol. The molecule has 2 heterocycles. The quantitative estimate of drug-likeness (QED) is 0.402. The maximum atomic E-state index is 12.2. The summed E-state index contributed by atoms with van der Waals surface area (Å²) in [5, 5.41) is 6.13. The first-order valence-electron chi connectivity index (χ1n) is 9.06. The Hall–Kier alpha value is -1.35. The van der Waals surface area contributed by atoms with Crippen molar-refractivity contribution in [2.24, 2.45) is 10.4 Å². The minimum absolute atomic E-state index is 0. The number of hydrogen-bond donors (Lipinski definition) is 2. The Morgan fingerprint density at radius 2 is 2.23 bits per heavy atom. The largest absolute Gasteiger partial charge is 0.381 e. The Morgan fingerprint density at radius 3 is 2.92 bits per heavy atom. The Bertz CT molecular complexity index is 644. The summed E-state index contributed by atoms with van der Waals surface area (Å²) in [7, 11) is 1.76. The first-order chi connectivity index (χ1) is 12.1. The third-order valence-corrected chi connectivity index (χ3v) is 5.16. The molecule has 2 aliphatic heterocycles. The average Bonchev–Trinajstić information content (AvgIpc) is 3.26. The van der Waals surface area contributed by atoms with E-state index in [2.05, 4.69) is 33.5 Å². The Balaban J connectivity index is 0.00000243. The molecule has 0 bridgehead atoms. The number of aryl methyl sites for hydroxylation is 1. The van der Waals surface area contributed by atoms with Crippen molar-refractivity contribution in [3.8, 4) is 0 Å². The van der Waals surface area contributed by atoms with Gasteiger partial charge in [0.1, 0.15) is 0 Å². The number of anilines is 1. The Labute approximate surface area is 172 Å². The zero-order valence-corrected chi connectivity index (χ0v) is 17.9. The van der Waals surface area contributed by atoms with Crippen LogP contribution in [0.5, 0.6) is 0 Å². The van der Waals surface area contributed by atoms with Gasteiger partial charge in [-0.3, -0.25) is 9.79 Å². The summed E-state index contributed by atoms with van der Waals surface area (Å²) in [6.07, 6.45) is 3.20. The molecule has 1 spiro atoms. The van der Waals surface area contributed by atoms with E-state index in [1.165, 1.54) is 5.56 Å². The molecule has 2 aliphatic rings. The number of likely N-dealkylation sites (tertiary alicyclic amines) is 1. The van der Waals surface area contributed by atoms with E-state index in [1.807, 2.05) is 18.2 Å². The van der Waals surface area contributed by atoms with Gasteiger partial charge in [-0.2, -0.15) is 0 Å². The van der Waals surface area contributed by atoms with Crippen molar-refractivity contribution in [2.75, 3.05) is 45.2 Å².